The van der Waals surface area contributed by atoms with Crippen molar-refractivity contribution in [2.45, 2.75) is 39.8 Å². The van der Waals surface area contributed by atoms with Crippen LogP contribution in [0.1, 0.15) is 30.0 Å². The molecule has 1 atom stereocenters. The number of hydrogen-bond acceptors (Lipinski definition) is 4. The predicted octanol–water partition coefficient (Wildman–Crippen LogP) is 3.55. The highest BCUT2D eigenvalue weighted by atomic mass is 16.2. The van der Waals surface area contributed by atoms with Crippen molar-refractivity contribution >= 4 is 17.6 Å². The zero-order chi connectivity index (χ0) is 21.5. The van der Waals surface area contributed by atoms with Crippen molar-refractivity contribution < 1.29 is 9.59 Å². The van der Waals surface area contributed by atoms with Crippen LogP contribution in [0.25, 0.3) is 0 Å². The van der Waals surface area contributed by atoms with Crippen molar-refractivity contribution in [3.8, 4) is 0 Å². The van der Waals surface area contributed by atoms with Gasteiger partial charge in [-0.1, -0.05) is 48.0 Å². The number of anilines is 1. The van der Waals surface area contributed by atoms with E-state index >= 15 is 0 Å². The van der Waals surface area contributed by atoms with Gasteiger partial charge >= 0.3 is 6.03 Å². The summed E-state index contributed by atoms with van der Waals surface area (Å²) < 4.78 is 0. The number of rotatable bonds is 5. The molecule has 0 aliphatic carbocycles. The molecule has 0 bridgehead atoms. The molecule has 6 heteroatoms. The van der Waals surface area contributed by atoms with Crippen molar-refractivity contribution in [3.05, 3.63) is 65.2 Å². The third kappa shape index (κ3) is 6.15. The predicted molar refractivity (Wildman–Crippen MR) is 120 cm³/mol. The summed E-state index contributed by atoms with van der Waals surface area (Å²) in [5.41, 5.74) is 4.12. The van der Waals surface area contributed by atoms with Gasteiger partial charge in [0.15, 0.2) is 0 Å². The monoisotopic (exact) mass is 408 g/mol. The lowest BCUT2D eigenvalue weighted by Gasteiger charge is -2.26. The van der Waals surface area contributed by atoms with E-state index in [2.05, 4.69) is 44.7 Å². The minimum atomic E-state index is -0.487. The first-order valence-electron chi connectivity index (χ1n) is 10.6. The summed E-state index contributed by atoms with van der Waals surface area (Å²) in [6, 6.07) is 15.4. The van der Waals surface area contributed by atoms with E-state index in [1.165, 1.54) is 5.56 Å². The van der Waals surface area contributed by atoms with Crippen molar-refractivity contribution in [2.75, 3.05) is 31.5 Å². The third-order valence-electron chi connectivity index (χ3n) is 5.67. The molecule has 6 nitrogen and oxygen atoms in total. The Bertz CT molecular complexity index is 869. The number of nitrogens with one attached hydrogen (secondary N) is 2. The minimum absolute atomic E-state index is 0.270. The Hall–Kier alpha value is -2.70. The highest BCUT2D eigenvalue weighted by Gasteiger charge is 2.25. The smallest absolute Gasteiger partial charge is 0.307 e. The molecule has 30 heavy (non-hydrogen) atoms. The summed E-state index contributed by atoms with van der Waals surface area (Å²) in [6.07, 6.45) is 0.999. The number of carbonyl (C=O) groups excluding carboxylic acids is 2. The minimum Gasteiger partial charge on any atom is -0.307 e. The average molecular weight is 409 g/mol. The Morgan fingerprint density at radius 2 is 1.77 bits per heavy atom. The van der Waals surface area contributed by atoms with Gasteiger partial charge in [0.1, 0.15) is 0 Å². The SMILES string of the molecule is Cc1ccc(NC(=O)NC(=O)C(C)N2CCCN(Cc3ccccc3)CC2)c(C)c1. The van der Waals surface area contributed by atoms with Crippen molar-refractivity contribution in [1.29, 1.82) is 0 Å². The highest BCUT2D eigenvalue weighted by molar-refractivity contribution is 6.03. The first-order valence-corrected chi connectivity index (χ1v) is 10.6. The lowest BCUT2D eigenvalue weighted by Crippen LogP contribution is -2.49. The number of imide groups is 1. The largest absolute Gasteiger partial charge is 0.325 e. The van der Waals surface area contributed by atoms with Crippen LogP contribution in [-0.2, 0) is 11.3 Å². The molecular formula is C24H32N4O2. The van der Waals surface area contributed by atoms with Crippen LogP contribution in [0.3, 0.4) is 0 Å². The fourth-order valence-electron chi connectivity index (χ4n) is 3.87. The molecule has 1 fully saturated rings. The number of benzene rings is 2. The molecule has 1 unspecified atom stereocenters. The molecule has 0 spiro atoms. The van der Waals surface area contributed by atoms with Crippen LogP contribution in [0, 0.1) is 13.8 Å². The van der Waals surface area contributed by atoms with Crippen molar-refractivity contribution in [2.24, 2.45) is 0 Å². The Balaban J connectivity index is 1.49. The summed E-state index contributed by atoms with van der Waals surface area (Å²) in [5.74, 6) is -0.270. The highest BCUT2D eigenvalue weighted by Crippen LogP contribution is 2.16. The summed E-state index contributed by atoms with van der Waals surface area (Å²) in [5, 5.41) is 5.27. The second-order valence-corrected chi connectivity index (χ2v) is 8.09. The molecule has 1 aliphatic rings. The molecule has 2 N–H and O–H groups in total. The van der Waals surface area contributed by atoms with Crippen LogP contribution in [0.5, 0.6) is 0 Å². The average Bonchev–Trinajstić information content (AvgIpc) is 2.96. The quantitative estimate of drug-likeness (QED) is 0.794. The van der Waals surface area contributed by atoms with Gasteiger partial charge in [-0.2, -0.15) is 0 Å². The zero-order valence-corrected chi connectivity index (χ0v) is 18.1. The van der Waals surface area contributed by atoms with Gasteiger partial charge in [-0.05, 0) is 50.9 Å². The molecule has 3 rings (SSSR count). The second kappa shape index (κ2) is 10.4. The zero-order valence-electron chi connectivity index (χ0n) is 18.1. The van der Waals surface area contributed by atoms with Crippen LogP contribution >= 0.6 is 0 Å². The van der Waals surface area contributed by atoms with Gasteiger partial charge in [-0.25, -0.2) is 4.79 Å². The van der Waals surface area contributed by atoms with Crippen molar-refractivity contribution in [1.82, 2.24) is 15.1 Å². The maximum absolute atomic E-state index is 12.6. The Kier molecular flexibility index (Phi) is 7.60. The molecule has 1 aliphatic heterocycles. The fourth-order valence-corrected chi connectivity index (χ4v) is 3.87. The molecule has 0 saturated carbocycles. The molecule has 0 aromatic heterocycles. The summed E-state index contributed by atoms with van der Waals surface area (Å²) in [4.78, 5) is 29.5. The number of hydrogen-bond donors (Lipinski definition) is 2. The molecule has 0 radical (unpaired) electrons. The first-order chi connectivity index (χ1) is 14.4. The lowest BCUT2D eigenvalue weighted by molar-refractivity contribution is -0.124. The number of carbonyl (C=O) groups is 2. The maximum Gasteiger partial charge on any atom is 0.325 e. The molecule has 2 aromatic rings. The molecule has 1 heterocycles. The molecule has 2 aromatic carbocycles. The number of amides is 3. The van der Waals surface area contributed by atoms with Gasteiger partial charge in [0.25, 0.3) is 0 Å². The van der Waals surface area contributed by atoms with Crippen LogP contribution < -0.4 is 10.6 Å². The van der Waals surface area contributed by atoms with Gasteiger partial charge in [-0.3, -0.25) is 19.9 Å². The van der Waals surface area contributed by atoms with Gasteiger partial charge in [0.05, 0.1) is 6.04 Å². The van der Waals surface area contributed by atoms with E-state index in [0.29, 0.717) is 5.69 Å². The summed E-state index contributed by atoms with van der Waals surface area (Å²) >= 11 is 0. The van der Waals surface area contributed by atoms with Gasteiger partial charge in [0, 0.05) is 31.9 Å². The normalized spacial score (nSPS) is 16.5. The second-order valence-electron chi connectivity index (χ2n) is 8.09. The number of urea groups is 1. The molecule has 160 valence electrons. The van der Waals surface area contributed by atoms with E-state index in [-0.39, 0.29) is 11.9 Å². The molecular weight excluding hydrogens is 376 g/mol. The van der Waals surface area contributed by atoms with E-state index in [4.69, 9.17) is 0 Å². The number of aryl methyl sites for hydroxylation is 2. The Morgan fingerprint density at radius 3 is 2.50 bits per heavy atom. The summed E-state index contributed by atoms with van der Waals surface area (Å²) in [7, 11) is 0. The standard InChI is InChI=1S/C24H32N4O2/c1-18-10-11-22(19(2)16-18)25-24(30)26-23(29)20(3)28-13-7-12-27(14-15-28)17-21-8-5-4-6-9-21/h4-6,8-11,16,20H,7,12-15,17H2,1-3H3,(H2,25,26,29,30). The summed E-state index contributed by atoms with van der Waals surface area (Å²) in [6.45, 7) is 10.3. The van der Waals surface area contributed by atoms with E-state index in [1.807, 2.05) is 45.0 Å². The van der Waals surface area contributed by atoms with Crippen LogP contribution in [0.15, 0.2) is 48.5 Å². The van der Waals surface area contributed by atoms with Gasteiger partial charge in [-0.15, -0.1) is 0 Å². The van der Waals surface area contributed by atoms with Crippen LogP contribution in [-0.4, -0.2) is 54.0 Å². The Morgan fingerprint density at radius 1 is 1.00 bits per heavy atom. The van der Waals surface area contributed by atoms with E-state index in [0.717, 1.165) is 50.3 Å². The third-order valence-corrected chi connectivity index (χ3v) is 5.67. The number of nitrogens with zero attached hydrogens (tertiary/aromatic N) is 2. The van der Waals surface area contributed by atoms with Crippen molar-refractivity contribution in [3.63, 3.8) is 0 Å². The Labute approximate surface area is 179 Å². The van der Waals surface area contributed by atoms with Crippen LogP contribution in [0.2, 0.25) is 0 Å². The molecule has 1 saturated heterocycles. The van der Waals surface area contributed by atoms with E-state index < -0.39 is 6.03 Å². The van der Waals surface area contributed by atoms with E-state index in [9.17, 15) is 9.59 Å². The van der Waals surface area contributed by atoms with Gasteiger partial charge < -0.3 is 5.32 Å². The fraction of sp³-hybridized carbons (Fsp3) is 0.417. The first kappa shape index (κ1) is 22.0. The molecule has 3 amide bonds. The van der Waals surface area contributed by atoms with Crippen LogP contribution in [0.4, 0.5) is 10.5 Å². The lowest BCUT2D eigenvalue weighted by atomic mass is 10.1. The topological polar surface area (TPSA) is 64.7 Å². The van der Waals surface area contributed by atoms with Gasteiger partial charge in [0.2, 0.25) is 5.91 Å². The maximum atomic E-state index is 12.6. The van der Waals surface area contributed by atoms with E-state index in [1.54, 1.807) is 0 Å².